The minimum atomic E-state index is -1.90. The molecule has 0 saturated carbocycles. The number of hydrogen-bond donors (Lipinski definition) is 2. The summed E-state index contributed by atoms with van der Waals surface area (Å²) in [4.78, 5) is 45.0. The lowest BCUT2D eigenvalue weighted by molar-refractivity contribution is -0.166. The number of carboxylic acids is 2. The fraction of sp³-hybridized carbons (Fsp3) is 0.733. The summed E-state index contributed by atoms with van der Waals surface area (Å²) in [5.74, 6) is -3.64. The van der Waals surface area contributed by atoms with Crippen LogP contribution in [0.3, 0.4) is 0 Å². The Morgan fingerprint density at radius 3 is 1.35 bits per heavy atom. The van der Waals surface area contributed by atoms with Crippen molar-refractivity contribution in [3.05, 3.63) is 0 Å². The van der Waals surface area contributed by atoms with Gasteiger partial charge in [-0.25, -0.2) is 0 Å². The molecule has 0 saturated heterocycles. The van der Waals surface area contributed by atoms with Crippen LogP contribution < -0.4 is 0 Å². The molecule has 2 N–H and O–H groups in total. The van der Waals surface area contributed by atoms with Crippen LogP contribution in [-0.4, -0.2) is 48.3 Å². The Labute approximate surface area is 134 Å². The van der Waals surface area contributed by atoms with Gasteiger partial charge in [0.2, 0.25) is 0 Å². The SMILES string of the molecule is COC(=O)CCCCC(CCCCC(=O)OC)(C(=O)O)C(=O)O. The van der Waals surface area contributed by atoms with E-state index in [9.17, 15) is 29.4 Å². The van der Waals surface area contributed by atoms with Gasteiger partial charge < -0.3 is 19.7 Å². The predicted molar refractivity (Wildman–Crippen MR) is 78.7 cm³/mol. The second-order valence-electron chi connectivity index (χ2n) is 5.26. The van der Waals surface area contributed by atoms with E-state index < -0.39 is 29.3 Å². The highest BCUT2D eigenvalue weighted by Gasteiger charge is 2.45. The normalized spacial score (nSPS) is 10.9. The summed E-state index contributed by atoms with van der Waals surface area (Å²) in [6, 6.07) is 0. The number of carbonyl (C=O) groups is 4. The van der Waals surface area contributed by atoms with Crippen molar-refractivity contribution < 1.29 is 38.9 Å². The molecule has 23 heavy (non-hydrogen) atoms. The summed E-state index contributed by atoms with van der Waals surface area (Å²) in [6.45, 7) is 0. The molecule has 0 aliphatic rings. The van der Waals surface area contributed by atoms with Crippen LogP contribution in [0.15, 0.2) is 0 Å². The van der Waals surface area contributed by atoms with E-state index in [1.165, 1.54) is 14.2 Å². The standard InChI is InChI=1S/C15H24O8/c1-22-11(16)7-3-5-9-15(13(18)19,14(20)21)10-6-4-8-12(17)23-2/h3-10H2,1-2H3,(H,18,19)(H,20,21). The Bertz CT molecular complexity index is 389. The van der Waals surface area contributed by atoms with Gasteiger partial charge in [-0.3, -0.25) is 19.2 Å². The maximum atomic E-state index is 11.5. The molecule has 0 spiro atoms. The molecule has 0 radical (unpaired) electrons. The van der Waals surface area contributed by atoms with Crippen LogP contribution in [0, 0.1) is 5.41 Å². The number of carbonyl (C=O) groups excluding carboxylic acids is 2. The van der Waals surface area contributed by atoms with E-state index in [4.69, 9.17) is 0 Å². The van der Waals surface area contributed by atoms with Crippen LogP contribution in [0.4, 0.5) is 0 Å². The maximum absolute atomic E-state index is 11.5. The number of unbranched alkanes of at least 4 members (excludes halogenated alkanes) is 2. The van der Waals surface area contributed by atoms with Gasteiger partial charge in [-0.15, -0.1) is 0 Å². The zero-order valence-corrected chi connectivity index (χ0v) is 13.5. The van der Waals surface area contributed by atoms with Crippen LogP contribution in [0.1, 0.15) is 51.4 Å². The molecule has 0 aliphatic carbocycles. The summed E-state index contributed by atoms with van der Waals surface area (Å²) < 4.78 is 8.95. The topological polar surface area (TPSA) is 127 Å². The Kier molecular flexibility index (Phi) is 9.60. The van der Waals surface area contributed by atoms with E-state index in [1.807, 2.05) is 0 Å². The average molecular weight is 332 g/mol. The third-order valence-corrected chi connectivity index (χ3v) is 3.74. The van der Waals surface area contributed by atoms with Gasteiger partial charge in [-0.2, -0.15) is 0 Å². The number of carboxylic acid groups (broad SMARTS) is 2. The molecular weight excluding hydrogens is 308 g/mol. The fourth-order valence-electron chi connectivity index (χ4n) is 2.24. The third-order valence-electron chi connectivity index (χ3n) is 3.74. The molecule has 132 valence electrons. The number of methoxy groups -OCH3 is 2. The molecule has 0 amide bonds. The highest BCUT2D eigenvalue weighted by atomic mass is 16.5. The van der Waals surface area contributed by atoms with Crippen LogP contribution in [0.2, 0.25) is 0 Å². The van der Waals surface area contributed by atoms with Crippen LogP contribution >= 0.6 is 0 Å². The highest BCUT2D eigenvalue weighted by Crippen LogP contribution is 2.32. The van der Waals surface area contributed by atoms with Crippen molar-refractivity contribution in [3.8, 4) is 0 Å². The Morgan fingerprint density at radius 1 is 0.739 bits per heavy atom. The van der Waals surface area contributed by atoms with Crippen molar-refractivity contribution in [2.75, 3.05) is 14.2 Å². The van der Waals surface area contributed by atoms with Gasteiger partial charge >= 0.3 is 23.9 Å². The summed E-state index contributed by atoms with van der Waals surface area (Å²) in [5, 5.41) is 18.7. The lowest BCUT2D eigenvalue weighted by Crippen LogP contribution is -2.39. The zero-order chi connectivity index (χ0) is 17.9. The van der Waals surface area contributed by atoms with Crippen LogP contribution in [0.25, 0.3) is 0 Å². The summed E-state index contributed by atoms with van der Waals surface area (Å²) in [5.41, 5.74) is -1.90. The van der Waals surface area contributed by atoms with Crippen molar-refractivity contribution in [1.82, 2.24) is 0 Å². The second-order valence-corrected chi connectivity index (χ2v) is 5.26. The van der Waals surface area contributed by atoms with E-state index in [0.29, 0.717) is 12.8 Å². The molecule has 0 aromatic heterocycles. The molecule has 0 aromatic carbocycles. The number of aliphatic carboxylic acids is 2. The highest BCUT2D eigenvalue weighted by molar-refractivity contribution is 5.98. The first-order chi connectivity index (χ1) is 10.8. The van der Waals surface area contributed by atoms with Crippen molar-refractivity contribution in [2.24, 2.45) is 5.41 Å². The Balaban J connectivity index is 4.58. The van der Waals surface area contributed by atoms with Crippen LogP contribution in [-0.2, 0) is 28.7 Å². The lowest BCUT2D eigenvalue weighted by Gasteiger charge is -2.24. The summed E-state index contributed by atoms with van der Waals surface area (Å²) in [7, 11) is 2.50. The largest absolute Gasteiger partial charge is 0.480 e. The Hall–Kier alpha value is -2.12. The number of ether oxygens (including phenoxy) is 2. The smallest absolute Gasteiger partial charge is 0.321 e. The number of rotatable bonds is 12. The van der Waals surface area contributed by atoms with E-state index in [2.05, 4.69) is 9.47 Å². The van der Waals surface area contributed by atoms with Crippen LogP contribution in [0.5, 0.6) is 0 Å². The minimum Gasteiger partial charge on any atom is -0.480 e. The van der Waals surface area contributed by atoms with Gasteiger partial charge in [0, 0.05) is 12.8 Å². The summed E-state index contributed by atoms with van der Waals surface area (Å²) >= 11 is 0. The maximum Gasteiger partial charge on any atom is 0.321 e. The molecule has 0 unspecified atom stereocenters. The predicted octanol–water partition coefficient (Wildman–Crippen LogP) is 1.61. The van der Waals surface area contributed by atoms with Gasteiger partial charge in [0.05, 0.1) is 14.2 Å². The molecule has 0 fully saturated rings. The molecule has 0 aliphatic heterocycles. The first-order valence-corrected chi connectivity index (χ1v) is 7.40. The zero-order valence-electron chi connectivity index (χ0n) is 13.5. The average Bonchev–Trinajstić information content (AvgIpc) is 2.51. The van der Waals surface area contributed by atoms with Crippen molar-refractivity contribution in [1.29, 1.82) is 0 Å². The monoisotopic (exact) mass is 332 g/mol. The van der Waals surface area contributed by atoms with E-state index in [0.717, 1.165) is 0 Å². The first-order valence-electron chi connectivity index (χ1n) is 7.40. The second kappa shape index (κ2) is 10.6. The molecular formula is C15H24O8. The first kappa shape index (κ1) is 20.9. The lowest BCUT2D eigenvalue weighted by atomic mass is 9.78. The number of hydrogen-bond acceptors (Lipinski definition) is 6. The molecule has 0 bridgehead atoms. The molecule has 0 rings (SSSR count). The Morgan fingerprint density at radius 2 is 1.09 bits per heavy atom. The van der Waals surface area contributed by atoms with Gasteiger partial charge in [-0.05, 0) is 25.7 Å². The molecule has 0 heterocycles. The van der Waals surface area contributed by atoms with Crippen molar-refractivity contribution in [2.45, 2.75) is 51.4 Å². The van der Waals surface area contributed by atoms with Gasteiger partial charge in [-0.1, -0.05) is 12.8 Å². The van der Waals surface area contributed by atoms with E-state index >= 15 is 0 Å². The van der Waals surface area contributed by atoms with E-state index in [-0.39, 0.29) is 38.5 Å². The molecule has 8 heteroatoms. The minimum absolute atomic E-state index is 0.0765. The fourth-order valence-corrected chi connectivity index (χ4v) is 2.24. The van der Waals surface area contributed by atoms with Gasteiger partial charge in [0.1, 0.15) is 0 Å². The van der Waals surface area contributed by atoms with Crippen molar-refractivity contribution in [3.63, 3.8) is 0 Å². The molecule has 0 atom stereocenters. The van der Waals surface area contributed by atoms with E-state index in [1.54, 1.807) is 0 Å². The van der Waals surface area contributed by atoms with Crippen molar-refractivity contribution >= 4 is 23.9 Å². The molecule has 8 nitrogen and oxygen atoms in total. The quantitative estimate of drug-likeness (QED) is 0.313. The number of esters is 2. The van der Waals surface area contributed by atoms with Gasteiger partial charge in [0.25, 0.3) is 0 Å². The third kappa shape index (κ3) is 7.12. The van der Waals surface area contributed by atoms with Gasteiger partial charge in [0.15, 0.2) is 5.41 Å². The summed E-state index contributed by atoms with van der Waals surface area (Å²) in [6.07, 6.45) is 1.37. The molecule has 0 aromatic rings.